The van der Waals surface area contributed by atoms with Gasteiger partial charge in [0.15, 0.2) is 0 Å². The first kappa shape index (κ1) is 23.3. The predicted octanol–water partition coefficient (Wildman–Crippen LogP) is 7.04. The highest BCUT2D eigenvalue weighted by atomic mass is 35.5. The van der Waals surface area contributed by atoms with E-state index in [0.29, 0.717) is 10.7 Å². The van der Waals surface area contributed by atoms with Crippen LogP contribution in [0.1, 0.15) is 11.1 Å². The number of benzene rings is 4. The fourth-order valence-electron chi connectivity index (χ4n) is 3.72. The van der Waals surface area contributed by atoms with Crippen molar-refractivity contribution in [2.24, 2.45) is 0 Å². The van der Waals surface area contributed by atoms with Gasteiger partial charge in [0.25, 0.3) is 0 Å². The molecule has 2 nitrogen and oxygen atoms in total. The SMILES string of the molecule is BC=C(c1ccccc1)c1ccccc1.Fc1ccc(-n2cncc2-c2ccccc2)c(Cl)c1. The van der Waals surface area contributed by atoms with Gasteiger partial charge in [0.05, 0.1) is 28.9 Å². The first-order valence-corrected chi connectivity index (χ1v) is 11.4. The van der Waals surface area contributed by atoms with E-state index >= 15 is 0 Å². The van der Waals surface area contributed by atoms with Crippen molar-refractivity contribution in [3.8, 4) is 16.9 Å². The predicted molar refractivity (Wildman–Crippen MR) is 142 cm³/mol. The van der Waals surface area contributed by atoms with Gasteiger partial charge < -0.3 is 0 Å². The minimum Gasteiger partial charge on any atom is -0.297 e. The summed E-state index contributed by atoms with van der Waals surface area (Å²) in [6, 6.07) is 35.1. The Bertz CT molecular complexity index is 1330. The molecule has 0 amide bonds. The minimum atomic E-state index is -0.352. The second-order valence-corrected chi connectivity index (χ2v) is 7.95. The minimum absolute atomic E-state index is 0.352. The van der Waals surface area contributed by atoms with Crippen LogP contribution in [0.3, 0.4) is 0 Å². The number of rotatable bonds is 4. The zero-order valence-electron chi connectivity index (χ0n) is 18.8. The van der Waals surface area contributed by atoms with E-state index in [1.165, 1.54) is 28.8 Å². The summed E-state index contributed by atoms with van der Waals surface area (Å²) >= 11 is 6.09. The lowest BCUT2D eigenvalue weighted by atomic mass is 9.92. The van der Waals surface area contributed by atoms with Gasteiger partial charge in [-0.15, -0.1) is 5.98 Å². The molecule has 34 heavy (non-hydrogen) atoms. The normalized spacial score (nSPS) is 10.2. The van der Waals surface area contributed by atoms with E-state index in [4.69, 9.17) is 11.6 Å². The van der Waals surface area contributed by atoms with Crippen LogP contribution in [0.5, 0.6) is 0 Å². The summed E-state index contributed by atoms with van der Waals surface area (Å²) in [6.45, 7) is 0. The molecule has 0 unspecified atom stereocenters. The fourth-order valence-corrected chi connectivity index (χ4v) is 3.98. The molecule has 5 rings (SSSR count). The molecule has 0 saturated carbocycles. The third kappa shape index (κ3) is 5.53. The molecule has 0 aliphatic rings. The van der Waals surface area contributed by atoms with E-state index < -0.39 is 0 Å². The van der Waals surface area contributed by atoms with Crippen molar-refractivity contribution in [3.63, 3.8) is 0 Å². The second kappa shape index (κ2) is 11.3. The van der Waals surface area contributed by atoms with Crippen molar-refractivity contribution in [3.05, 3.63) is 150 Å². The molecule has 5 aromatic rings. The highest BCUT2D eigenvalue weighted by Gasteiger charge is 2.10. The average molecular weight is 465 g/mol. The number of hydrogen-bond acceptors (Lipinski definition) is 1. The standard InChI is InChI=1S/C15H10ClFN2.C14H13B/c16-13-8-12(17)6-7-14(13)19-10-18-9-15(19)11-4-2-1-3-5-11;15-11-14(12-7-3-1-4-8-12)13-9-5-2-6-10-13/h1-10H;1-11H,15H2. The van der Waals surface area contributed by atoms with E-state index in [0.717, 1.165) is 11.3 Å². The number of aromatic nitrogens is 2. The van der Waals surface area contributed by atoms with Gasteiger partial charge in [-0.2, -0.15) is 0 Å². The molecule has 0 aliphatic carbocycles. The molecular weight excluding hydrogens is 442 g/mol. The molecule has 0 spiro atoms. The van der Waals surface area contributed by atoms with Crippen molar-refractivity contribution in [1.29, 1.82) is 0 Å². The van der Waals surface area contributed by atoms with Gasteiger partial charge in [0.2, 0.25) is 0 Å². The monoisotopic (exact) mass is 464 g/mol. The summed E-state index contributed by atoms with van der Waals surface area (Å²) in [7, 11) is 2.08. The molecular formula is C29H23BClFN2. The van der Waals surface area contributed by atoms with Crippen LogP contribution in [0.15, 0.2) is 128 Å². The first-order chi connectivity index (χ1) is 16.7. The van der Waals surface area contributed by atoms with Crippen LogP contribution < -0.4 is 0 Å². The zero-order chi connectivity index (χ0) is 23.8. The molecule has 0 atom stereocenters. The van der Waals surface area contributed by atoms with Crippen molar-refractivity contribution in [2.75, 3.05) is 0 Å². The Morgan fingerprint density at radius 2 is 1.35 bits per heavy atom. The summed E-state index contributed by atoms with van der Waals surface area (Å²) in [6.07, 6.45) is 3.43. The van der Waals surface area contributed by atoms with Gasteiger partial charge in [0, 0.05) is 5.56 Å². The third-order valence-corrected chi connectivity index (χ3v) is 5.64. The van der Waals surface area contributed by atoms with E-state index in [1.54, 1.807) is 18.6 Å². The fraction of sp³-hybridized carbons (Fsp3) is 0. The van der Waals surface area contributed by atoms with Gasteiger partial charge in [-0.1, -0.05) is 103 Å². The van der Waals surface area contributed by atoms with Crippen molar-refractivity contribution in [1.82, 2.24) is 9.55 Å². The van der Waals surface area contributed by atoms with Crippen LogP contribution in [-0.2, 0) is 0 Å². The molecule has 0 N–H and O–H groups in total. The lowest BCUT2D eigenvalue weighted by Gasteiger charge is -2.10. The molecule has 0 aliphatic heterocycles. The lowest BCUT2D eigenvalue weighted by Crippen LogP contribution is -1.96. The highest BCUT2D eigenvalue weighted by molar-refractivity contribution is 6.32. The number of halogens is 2. The molecule has 0 saturated heterocycles. The maximum atomic E-state index is 13.1. The lowest BCUT2D eigenvalue weighted by molar-refractivity contribution is 0.627. The molecule has 5 heteroatoms. The Kier molecular flexibility index (Phi) is 7.74. The third-order valence-electron chi connectivity index (χ3n) is 5.34. The van der Waals surface area contributed by atoms with Crippen LogP contribution in [0, 0.1) is 5.82 Å². The zero-order valence-corrected chi connectivity index (χ0v) is 19.5. The highest BCUT2D eigenvalue weighted by Crippen LogP contribution is 2.27. The first-order valence-electron chi connectivity index (χ1n) is 11.0. The Balaban J connectivity index is 0.000000166. The second-order valence-electron chi connectivity index (χ2n) is 7.55. The Morgan fingerprint density at radius 3 is 1.88 bits per heavy atom. The van der Waals surface area contributed by atoms with Crippen LogP contribution >= 0.6 is 11.6 Å². The van der Waals surface area contributed by atoms with E-state index in [-0.39, 0.29) is 5.82 Å². The van der Waals surface area contributed by atoms with E-state index in [1.807, 2.05) is 47.0 Å². The molecule has 0 bridgehead atoms. The smallest absolute Gasteiger partial charge is 0.130 e. The summed E-state index contributed by atoms with van der Waals surface area (Å²) in [5.41, 5.74) is 6.47. The molecule has 1 aromatic heterocycles. The summed E-state index contributed by atoms with van der Waals surface area (Å²) in [5, 5.41) is 0.357. The van der Waals surface area contributed by atoms with Crippen molar-refractivity contribution in [2.45, 2.75) is 0 Å². The summed E-state index contributed by atoms with van der Waals surface area (Å²) < 4.78 is 14.9. The molecule has 1 heterocycles. The maximum Gasteiger partial charge on any atom is 0.130 e. The maximum absolute atomic E-state index is 13.1. The largest absolute Gasteiger partial charge is 0.297 e. The topological polar surface area (TPSA) is 17.8 Å². The van der Waals surface area contributed by atoms with Gasteiger partial charge in [0.1, 0.15) is 13.7 Å². The Morgan fingerprint density at radius 1 is 0.794 bits per heavy atom. The number of hydrogen-bond donors (Lipinski definition) is 0. The van der Waals surface area contributed by atoms with Gasteiger partial charge in [-0.25, -0.2) is 9.37 Å². The van der Waals surface area contributed by atoms with Crippen molar-refractivity contribution < 1.29 is 4.39 Å². The van der Waals surface area contributed by atoms with Crippen LogP contribution in [-0.4, -0.2) is 17.4 Å². The van der Waals surface area contributed by atoms with Crippen LogP contribution in [0.4, 0.5) is 4.39 Å². The summed E-state index contributed by atoms with van der Waals surface area (Å²) in [5.74, 6) is 1.81. The number of imidazole rings is 1. The Hall–Kier alpha value is -3.89. The van der Waals surface area contributed by atoms with Crippen LogP contribution in [0.2, 0.25) is 5.02 Å². The Labute approximate surface area is 205 Å². The van der Waals surface area contributed by atoms with Crippen LogP contribution in [0.25, 0.3) is 22.5 Å². The van der Waals surface area contributed by atoms with Crippen molar-refractivity contribution >= 4 is 25.0 Å². The quantitative estimate of drug-likeness (QED) is 0.261. The van der Waals surface area contributed by atoms with Gasteiger partial charge in [-0.05, 0) is 34.9 Å². The molecule has 166 valence electrons. The van der Waals surface area contributed by atoms with E-state index in [9.17, 15) is 4.39 Å². The molecule has 0 radical (unpaired) electrons. The molecule has 0 fully saturated rings. The van der Waals surface area contributed by atoms with Gasteiger partial charge >= 0.3 is 0 Å². The van der Waals surface area contributed by atoms with Gasteiger partial charge in [-0.3, -0.25) is 4.57 Å². The number of nitrogens with zero attached hydrogens (tertiary/aromatic N) is 2. The van der Waals surface area contributed by atoms with E-state index in [2.05, 4.69) is 67.3 Å². The summed E-state index contributed by atoms with van der Waals surface area (Å²) in [4.78, 5) is 4.15. The average Bonchev–Trinajstić information content (AvgIpc) is 3.36. The molecule has 4 aromatic carbocycles.